The molecule has 6 nitrogen and oxygen atoms in total. The van der Waals surface area contributed by atoms with E-state index in [0.717, 1.165) is 12.8 Å². The maximum Gasteiger partial charge on any atom is 0.223 e. The summed E-state index contributed by atoms with van der Waals surface area (Å²) < 4.78 is 29.5. The van der Waals surface area contributed by atoms with E-state index in [4.69, 9.17) is 4.74 Å². The van der Waals surface area contributed by atoms with E-state index in [1.807, 2.05) is 0 Å². The highest BCUT2D eigenvalue weighted by atomic mass is 32.2. The van der Waals surface area contributed by atoms with Crippen LogP contribution in [-0.2, 0) is 19.6 Å². The average molecular weight is 290 g/mol. The van der Waals surface area contributed by atoms with Crippen LogP contribution in [0.5, 0.6) is 0 Å². The zero-order chi connectivity index (χ0) is 13.9. The van der Waals surface area contributed by atoms with E-state index in [1.165, 1.54) is 10.6 Å². The van der Waals surface area contributed by atoms with Crippen LogP contribution >= 0.6 is 0 Å². The Morgan fingerprint density at radius 3 is 2.26 bits per heavy atom. The molecule has 0 saturated carbocycles. The van der Waals surface area contributed by atoms with Crippen LogP contribution in [-0.4, -0.2) is 57.2 Å². The third-order valence-corrected chi connectivity index (χ3v) is 5.16. The minimum absolute atomic E-state index is 0.0548. The molecule has 2 rings (SSSR count). The van der Waals surface area contributed by atoms with Crippen molar-refractivity contribution >= 4 is 15.9 Å². The van der Waals surface area contributed by atoms with Crippen molar-refractivity contribution in [2.45, 2.75) is 31.7 Å². The molecule has 110 valence electrons. The van der Waals surface area contributed by atoms with Gasteiger partial charge in [-0.2, -0.15) is 0 Å². The number of nitrogens with one attached hydrogen (secondary N) is 1. The first-order valence-electron chi connectivity index (χ1n) is 6.80. The summed E-state index contributed by atoms with van der Waals surface area (Å²) >= 11 is 0. The van der Waals surface area contributed by atoms with Gasteiger partial charge in [-0.1, -0.05) is 0 Å². The van der Waals surface area contributed by atoms with E-state index in [0.29, 0.717) is 39.1 Å². The molecule has 0 atom stereocenters. The number of piperidine rings is 1. The van der Waals surface area contributed by atoms with Gasteiger partial charge in [0.05, 0.1) is 6.26 Å². The molecule has 0 aromatic heterocycles. The molecule has 19 heavy (non-hydrogen) atoms. The van der Waals surface area contributed by atoms with Crippen molar-refractivity contribution in [1.82, 2.24) is 9.62 Å². The normalized spacial score (nSPS) is 24.3. The highest BCUT2D eigenvalue weighted by Crippen LogP contribution is 2.20. The Hall–Kier alpha value is -0.660. The van der Waals surface area contributed by atoms with Crippen molar-refractivity contribution in [1.29, 1.82) is 0 Å². The second-order valence-corrected chi connectivity index (χ2v) is 7.31. The van der Waals surface area contributed by atoms with E-state index in [-0.39, 0.29) is 17.9 Å². The average Bonchev–Trinajstić information content (AvgIpc) is 2.39. The van der Waals surface area contributed by atoms with Gasteiger partial charge in [0, 0.05) is 38.3 Å². The summed E-state index contributed by atoms with van der Waals surface area (Å²) in [6.07, 6.45) is 4.18. The number of hydrogen-bond donors (Lipinski definition) is 1. The SMILES string of the molecule is CS(=O)(=O)N1CCC(C(=O)NC2CCOCC2)CC1. The summed E-state index contributed by atoms with van der Waals surface area (Å²) in [5.74, 6) is 0.0147. The lowest BCUT2D eigenvalue weighted by Crippen LogP contribution is -2.46. The third-order valence-electron chi connectivity index (χ3n) is 3.86. The van der Waals surface area contributed by atoms with Gasteiger partial charge in [-0.25, -0.2) is 12.7 Å². The molecule has 1 amide bonds. The second kappa shape index (κ2) is 6.19. The molecule has 2 aliphatic heterocycles. The van der Waals surface area contributed by atoms with E-state index in [9.17, 15) is 13.2 Å². The molecule has 0 unspecified atom stereocenters. The topological polar surface area (TPSA) is 75.7 Å². The number of rotatable bonds is 3. The van der Waals surface area contributed by atoms with Crippen molar-refractivity contribution in [2.75, 3.05) is 32.6 Å². The van der Waals surface area contributed by atoms with Gasteiger partial charge in [0.1, 0.15) is 0 Å². The molecule has 7 heteroatoms. The number of nitrogens with zero attached hydrogens (tertiary/aromatic N) is 1. The van der Waals surface area contributed by atoms with Gasteiger partial charge in [0.15, 0.2) is 0 Å². The first-order valence-corrected chi connectivity index (χ1v) is 8.65. The summed E-state index contributed by atoms with van der Waals surface area (Å²) in [6.45, 7) is 2.31. The van der Waals surface area contributed by atoms with E-state index in [1.54, 1.807) is 0 Å². The number of amides is 1. The van der Waals surface area contributed by atoms with Gasteiger partial charge < -0.3 is 10.1 Å². The lowest BCUT2D eigenvalue weighted by molar-refractivity contribution is -0.127. The first-order chi connectivity index (χ1) is 8.97. The number of carbonyl (C=O) groups excluding carboxylic acids is 1. The minimum atomic E-state index is -3.12. The Kier molecular flexibility index (Phi) is 4.81. The van der Waals surface area contributed by atoms with Crippen LogP contribution in [0.2, 0.25) is 0 Å². The van der Waals surface area contributed by atoms with Crippen molar-refractivity contribution in [3.05, 3.63) is 0 Å². The van der Waals surface area contributed by atoms with Gasteiger partial charge in [-0.15, -0.1) is 0 Å². The smallest absolute Gasteiger partial charge is 0.223 e. The molecule has 0 aliphatic carbocycles. The lowest BCUT2D eigenvalue weighted by Gasteiger charge is -2.31. The maximum atomic E-state index is 12.1. The van der Waals surface area contributed by atoms with Crippen LogP contribution in [0, 0.1) is 5.92 Å². The molecule has 0 aromatic rings. The highest BCUT2D eigenvalue weighted by molar-refractivity contribution is 7.88. The van der Waals surface area contributed by atoms with Crippen LogP contribution < -0.4 is 5.32 Å². The number of hydrogen-bond acceptors (Lipinski definition) is 4. The van der Waals surface area contributed by atoms with Crippen molar-refractivity contribution in [3.8, 4) is 0 Å². The standard InChI is InChI=1S/C12H22N2O4S/c1-19(16,17)14-6-2-10(3-7-14)12(15)13-11-4-8-18-9-5-11/h10-11H,2-9H2,1H3,(H,13,15). The Labute approximate surface area is 114 Å². The zero-order valence-corrected chi connectivity index (χ0v) is 12.1. The summed E-state index contributed by atoms with van der Waals surface area (Å²) in [5, 5.41) is 3.06. The molecule has 2 aliphatic rings. The number of carbonyl (C=O) groups is 1. The fraction of sp³-hybridized carbons (Fsp3) is 0.917. The predicted octanol–water partition coefficient (Wildman–Crippen LogP) is -0.0468. The third kappa shape index (κ3) is 4.15. The number of sulfonamides is 1. The van der Waals surface area contributed by atoms with Gasteiger partial charge in [0.2, 0.25) is 15.9 Å². The molecule has 0 aromatic carbocycles. The van der Waals surface area contributed by atoms with Crippen LogP contribution in [0.15, 0.2) is 0 Å². The van der Waals surface area contributed by atoms with E-state index >= 15 is 0 Å². The van der Waals surface area contributed by atoms with Gasteiger partial charge >= 0.3 is 0 Å². The van der Waals surface area contributed by atoms with Crippen LogP contribution in [0.1, 0.15) is 25.7 Å². The maximum absolute atomic E-state index is 12.1. The summed E-state index contributed by atoms with van der Waals surface area (Å²) in [6, 6.07) is 0.217. The van der Waals surface area contributed by atoms with E-state index in [2.05, 4.69) is 5.32 Å². The minimum Gasteiger partial charge on any atom is -0.381 e. The van der Waals surface area contributed by atoms with Gasteiger partial charge in [0.25, 0.3) is 0 Å². The van der Waals surface area contributed by atoms with Gasteiger partial charge in [-0.05, 0) is 25.7 Å². The van der Waals surface area contributed by atoms with Crippen LogP contribution in [0.4, 0.5) is 0 Å². The number of ether oxygens (including phenoxy) is 1. The fourth-order valence-corrected chi connectivity index (χ4v) is 3.48. The fourth-order valence-electron chi connectivity index (χ4n) is 2.61. The summed E-state index contributed by atoms with van der Waals surface area (Å²) in [7, 11) is -3.12. The van der Waals surface area contributed by atoms with Crippen molar-refractivity contribution in [3.63, 3.8) is 0 Å². The summed E-state index contributed by atoms with van der Waals surface area (Å²) in [4.78, 5) is 12.1. The highest BCUT2D eigenvalue weighted by Gasteiger charge is 2.30. The molecular weight excluding hydrogens is 268 g/mol. The van der Waals surface area contributed by atoms with Crippen LogP contribution in [0.25, 0.3) is 0 Å². The van der Waals surface area contributed by atoms with E-state index < -0.39 is 10.0 Å². The Balaban J connectivity index is 1.79. The van der Waals surface area contributed by atoms with Crippen molar-refractivity contribution < 1.29 is 17.9 Å². The second-order valence-electron chi connectivity index (χ2n) is 5.33. The Morgan fingerprint density at radius 1 is 1.16 bits per heavy atom. The largest absolute Gasteiger partial charge is 0.381 e. The molecule has 0 spiro atoms. The van der Waals surface area contributed by atoms with Crippen molar-refractivity contribution in [2.24, 2.45) is 5.92 Å². The predicted molar refractivity (Wildman–Crippen MR) is 71.1 cm³/mol. The Bertz CT molecular complexity index is 409. The summed E-state index contributed by atoms with van der Waals surface area (Å²) in [5.41, 5.74) is 0. The molecule has 2 fully saturated rings. The molecule has 0 radical (unpaired) electrons. The molecule has 0 bridgehead atoms. The van der Waals surface area contributed by atoms with Crippen LogP contribution in [0.3, 0.4) is 0 Å². The molecular formula is C12H22N2O4S. The molecule has 1 N–H and O–H groups in total. The molecule has 2 heterocycles. The first kappa shape index (κ1) is 14.7. The van der Waals surface area contributed by atoms with Gasteiger partial charge in [-0.3, -0.25) is 4.79 Å². The molecule has 2 saturated heterocycles. The lowest BCUT2D eigenvalue weighted by atomic mass is 9.96. The quantitative estimate of drug-likeness (QED) is 0.791. The Morgan fingerprint density at radius 2 is 1.74 bits per heavy atom. The monoisotopic (exact) mass is 290 g/mol. The zero-order valence-electron chi connectivity index (χ0n) is 11.3.